The summed E-state index contributed by atoms with van der Waals surface area (Å²) in [4.78, 5) is 2.20. The van der Waals surface area contributed by atoms with Gasteiger partial charge in [-0.05, 0) is 38.6 Å². The van der Waals surface area contributed by atoms with Crippen molar-refractivity contribution in [3.63, 3.8) is 0 Å². The first kappa shape index (κ1) is 12.0. The minimum Gasteiger partial charge on any atom is -0.508 e. The van der Waals surface area contributed by atoms with E-state index in [9.17, 15) is 5.11 Å². The summed E-state index contributed by atoms with van der Waals surface area (Å²) in [7, 11) is 2.05. The molecule has 15 heavy (non-hydrogen) atoms. The maximum absolute atomic E-state index is 9.42. The summed E-state index contributed by atoms with van der Waals surface area (Å²) in [6.07, 6.45) is 0. The molecule has 1 unspecified atom stereocenters. The van der Waals surface area contributed by atoms with E-state index in [1.54, 1.807) is 12.1 Å². The van der Waals surface area contributed by atoms with Crippen LogP contribution in [0.5, 0.6) is 5.75 Å². The van der Waals surface area contributed by atoms with Crippen molar-refractivity contribution in [3.8, 4) is 5.75 Å². The molecule has 3 heteroatoms. The Kier molecular flexibility index (Phi) is 4.12. The predicted octanol–water partition coefficient (Wildman–Crippen LogP) is 1.73. The second-order valence-corrected chi connectivity index (χ2v) is 4.11. The highest BCUT2D eigenvalue weighted by atomic mass is 16.3. The van der Waals surface area contributed by atoms with Crippen LogP contribution in [0.1, 0.15) is 25.5 Å². The van der Waals surface area contributed by atoms with Crippen LogP contribution in [0.4, 0.5) is 0 Å². The van der Waals surface area contributed by atoms with Crippen LogP contribution >= 0.6 is 0 Å². The average molecular weight is 208 g/mol. The number of benzene rings is 1. The first-order valence-electron chi connectivity index (χ1n) is 5.27. The number of nitrogens with zero attached hydrogens (tertiary/aromatic N) is 1. The molecule has 0 bridgehead atoms. The predicted molar refractivity (Wildman–Crippen MR) is 62.8 cm³/mol. The molecule has 3 N–H and O–H groups in total. The van der Waals surface area contributed by atoms with E-state index in [4.69, 9.17) is 5.73 Å². The summed E-state index contributed by atoms with van der Waals surface area (Å²) in [6.45, 7) is 4.81. The summed E-state index contributed by atoms with van der Waals surface area (Å²) in [6, 6.07) is 7.89. The molecule has 0 aliphatic rings. The molecule has 1 rings (SSSR count). The van der Waals surface area contributed by atoms with Crippen molar-refractivity contribution in [1.82, 2.24) is 4.90 Å². The standard InChI is InChI=1S/C12H20N2O/c1-9(2)14(3)12(8-13)10-5-4-6-11(15)7-10/h4-7,9,12,15H,8,13H2,1-3H3. The number of likely N-dealkylation sites (N-methyl/N-ethyl adjacent to an activating group) is 1. The van der Waals surface area contributed by atoms with Crippen molar-refractivity contribution in [1.29, 1.82) is 0 Å². The fourth-order valence-electron chi connectivity index (χ4n) is 1.63. The Balaban J connectivity index is 2.92. The van der Waals surface area contributed by atoms with Gasteiger partial charge in [-0.25, -0.2) is 0 Å². The number of phenols is 1. The van der Waals surface area contributed by atoms with Crippen LogP contribution in [-0.2, 0) is 0 Å². The lowest BCUT2D eigenvalue weighted by atomic mass is 10.0. The molecule has 0 radical (unpaired) electrons. The Labute approximate surface area is 91.5 Å². The molecule has 0 spiro atoms. The zero-order valence-corrected chi connectivity index (χ0v) is 9.64. The third-order valence-electron chi connectivity index (χ3n) is 2.78. The first-order valence-corrected chi connectivity index (χ1v) is 5.27. The molecule has 0 saturated heterocycles. The molecular formula is C12H20N2O. The fraction of sp³-hybridized carbons (Fsp3) is 0.500. The van der Waals surface area contributed by atoms with Gasteiger partial charge in [0.2, 0.25) is 0 Å². The van der Waals surface area contributed by atoms with E-state index < -0.39 is 0 Å². The molecule has 3 nitrogen and oxygen atoms in total. The highest BCUT2D eigenvalue weighted by molar-refractivity contribution is 5.29. The number of phenolic OH excluding ortho intramolecular Hbond substituents is 1. The van der Waals surface area contributed by atoms with Crippen molar-refractivity contribution < 1.29 is 5.11 Å². The second-order valence-electron chi connectivity index (χ2n) is 4.11. The minimum atomic E-state index is 0.164. The van der Waals surface area contributed by atoms with Crippen LogP contribution < -0.4 is 5.73 Å². The van der Waals surface area contributed by atoms with Crippen LogP contribution in [0, 0.1) is 0 Å². The number of hydrogen-bond acceptors (Lipinski definition) is 3. The van der Waals surface area contributed by atoms with Gasteiger partial charge in [-0.2, -0.15) is 0 Å². The SMILES string of the molecule is CC(C)N(C)C(CN)c1cccc(O)c1. The van der Waals surface area contributed by atoms with Gasteiger partial charge in [0.1, 0.15) is 5.75 Å². The van der Waals surface area contributed by atoms with Crippen molar-refractivity contribution in [2.45, 2.75) is 25.9 Å². The Hall–Kier alpha value is -1.06. The molecule has 84 valence electrons. The topological polar surface area (TPSA) is 49.5 Å². The van der Waals surface area contributed by atoms with Gasteiger partial charge in [-0.3, -0.25) is 4.90 Å². The van der Waals surface area contributed by atoms with Crippen molar-refractivity contribution in [3.05, 3.63) is 29.8 Å². The van der Waals surface area contributed by atoms with Crippen molar-refractivity contribution >= 4 is 0 Å². The Morgan fingerprint density at radius 3 is 2.53 bits per heavy atom. The Morgan fingerprint density at radius 1 is 1.40 bits per heavy atom. The smallest absolute Gasteiger partial charge is 0.115 e. The highest BCUT2D eigenvalue weighted by Gasteiger charge is 2.17. The molecular weight excluding hydrogens is 188 g/mol. The van der Waals surface area contributed by atoms with Gasteiger partial charge in [-0.1, -0.05) is 12.1 Å². The Morgan fingerprint density at radius 2 is 2.07 bits per heavy atom. The molecule has 0 aromatic heterocycles. The largest absolute Gasteiger partial charge is 0.508 e. The maximum Gasteiger partial charge on any atom is 0.115 e. The zero-order chi connectivity index (χ0) is 11.4. The number of hydrogen-bond donors (Lipinski definition) is 2. The van der Waals surface area contributed by atoms with E-state index in [0.29, 0.717) is 18.3 Å². The number of rotatable bonds is 4. The van der Waals surface area contributed by atoms with E-state index in [1.165, 1.54) is 0 Å². The number of nitrogens with two attached hydrogens (primary N) is 1. The normalized spacial score (nSPS) is 13.5. The lowest BCUT2D eigenvalue weighted by Crippen LogP contribution is -2.35. The third-order valence-corrected chi connectivity index (χ3v) is 2.78. The lowest BCUT2D eigenvalue weighted by molar-refractivity contribution is 0.201. The quantitative estimate of drug-likeness (QED) is 0.792. The van der Waals surface area contributed by atoms with Crippen LogP contribution in [0.2, 0.25) is 0 Å². The highest BCUT2D eigenvalue weighted by Crippen LogP contribution is 2.23. The van der Waals surface area contributed by atoms with Gasteiger partial charge in [0.25, 0.3) is 0 Å². The summed E-state index contributed by atoms with van der Waals surface area (Å²) in [5, 5.41) is 9.42. The van der Waals surface area contributed by atoms with Gasteiger partial charge in [-0.15, -0.1) is 0 Å². The maximum atomic E-state index is 9.42. The summed E-state index contributed by atoms with van der Waals surface area (Å²) in [5.74, 6) is 0.295. The number of aromatic hydroxyl groups is 1. The van der Waals surface area contributed by atoms with Gasteiger partial charge >= 0.3 is 0 Å². The fourth-order valence-corrected chi connectivity index (χ4v) is 1.63. The molecule has 1 aromatic carbocycles. The van der Waals surface area contributed by atoms with Crippen LogP contribution in [0.3, 0.4) is 0 Å². The average Bonchev–Trinajstić information content (AvgIpc) is 2.18. The zero-order valence-electron chi connectivity index (χ0n) is 9.64. The summed E-state index contributed by atoms with van der Waals surface area (Å²) in [5.41, 5.74) is 6.83. The van der Waals surface area contributed by atoms with Crippen molar-refractivity contribution in [2.24, 2.45) is 5.73 Å². The molecule has 0 saturated carbocycles. The third kappa shape index (κ3) is 2.94. The first-order chi connectivity index (χ1) is 7.06. The summed E-state index contributed by atoms with van der Waals surface area (Å²) < 4.78 is 0. The van der Waals surface area contributed by atoms with Gasteiger partial charge < -0.3 is 10.8 Å². The summed E-state index contributed by atoms with van der Waals surface area (Å²) >= 11 is 0. The minimum absolute atomic E-state index is 0.164. The molecule has 1 atom stereocenters. The van der Waals surface area contributed by atoms with Gasteiger partial charge in [0, 0.05) is 18.6 Å². The van der Waals surface area contributed by atoms with E-state index in [-0.39, 0.29) is 6.04 Å². The van der Waals surface area contributed by atoms with E-state index >= 15 is 0 Å². The molecule has 1 aromatic rings. The van der Waals surface area contributed by atoms with E-state index in [1.807, 2.05) is 19.2 Å². The van der Waals surface area contributed by atoms with E-state index in [2.05, 4.69) is 18.7 Å². The molecule has 0 fully saturated rings. The molecule has 0 aliphatic heterocycles. The van der Waals surface area contributed by atoms with Gasteiger partial charge in [0.05, 0.1) is 0 Å². The van der Waals surface area contributed by atoms with Crippen LogP contribution in [-0.4, -0.2) is 29.6 Å². The van der Waals surface area contributed by atoms with Crippen LogP contribution in [0.15, 0.2) is 24.3 Å². The second kappa shape index (κ2) is 5.14. The van der Waals surface area contributed by atoms with Crippen LogP contribution in [0.25, 0.3) is 0 Å². The molecule has 0 aliphatic carbocycles. The Bertz CT molecular complexity index is 312. The lowest BCUT2D eigenvalue weighted by Gasteiger charge is -2.30. The van der Waals surface area contributed by atoms with Crippen molar-refractivity contribution in [2.75, 3.05) is 13.6 Å². The van der Waals surface area contributed by atoms with E-state index in [0.717, 1.165) is 5.56 Å². The molecule has 0 heterocycles. The monoisotopic (exact) mass is 208 g/mol. The van der Waals surface area contributed by atoms with Gasteiger partial charge in [0.15, 0.2) is 0 Å². The molecule has 0 amide bonds.